The van der Waals surface area contributed by atoms with Crippen LogP contribution < -0.4 is 5.56 Å². The van der Waals surface area contributed by atoms with E-state index >= 15 is 0 Å². The Balaban J connectivity index is 1.83. The van der Waals surface area contributed by atoms with Crippen LogP contribution in [0.5, 0.6) is 0 Å². The van der Waals surface area contributed by atoms with Gasteiger partial charge in [-0.3, -0.25) is 14.7 Å². The molecule has 1 aromatic heterocycles. The van der Waals surface area contributed by atoms with Gasteiger partial charge in [0.1, 0.15) is 5.82 Å². The fraction of sp³-hybridized carbons (Fsp3) is 0.286. The number of nitrogens with zero attached hydrogens (tertiary/aromatic N) is 1. The number of nitrogens with one attached hydrogen (secondary N) is 2. The lowest BCUT2D eigenvalue weighted by Crippen LogP contribution is -2.35. The Bertz CT molecular complexity index is 802. The first-order chi connectivity index (χ1) is 10.0. The Labute approximate surface area is 130 Å². The van der Waals surface area contributed by atoms with E-state index in [4.69, 9.17) is 23.8 Å². The number of H-pyrrole nitrogens is 2. The lowest BCUT2D eigenvalue weighted by atomic mass is 10.1. The summed E-state index contributed by atoms with van der Waals surface area (Å²) in [6.07, 6.45) is 0.724. The van der Waals surface area contributed by atoms with Crippen molar-refractivity contribution in [2.75, 3.05) is 6.54 Å². The van der Waals surface area contributed by atoms with E-state index in [1.54, 1.807) is 6.07 Å². The van der Waals surface area contributed by atoms with Crippen LogP contribution in [0.4, 0.5) is 4.39 Å². The first-order valence-corrected chi connectivity index (χ1v) is 7.32. The van der Waals surface area contributed by atoms with Gasteiger partial charge in [0.2, 0.25) is 0 Å². The van der Waals surface area contributed by atoms with Crippen molar-refractivity contribution < 1.29 is 4.39 Å². The molecule has 1 aliphatic heterocycles. The van der Waals surface area contributed by atoms with E-state index in [0.29, 0.717) is 28.4 Å². The maximum absolute atomic E-state index is 13.1. The molecular weight excluding hydrogens is 313 g/mol. The van der Waals surface area contributed by atoms with Gasteiger partial charge in [0.05, 0.1) is 5.56 Å². The van der Waals surface area contributed by atoms with Gasteiger partial charge in [0.25, 0.3) is 5.56 Å². The molecule has 0 fully saturated rings. The van der Waals surface area contributed by atoms with Gasteiger partial charge in [-0.25, -0.2) is 4.39 Å². The van der Waals surface area contributed by atoms with E-state index in [-0.39, 0.29) is 11.4 Å². The molecule has 2 aromatic rings. The molecule has 0 bridgehead atoms. The van der Waals surface area contributed by atoms with Crippen molar-refractivity contribution in [2.24, 2.45) is 0 Å². The van der Waals surface area contributed by atoms with E-state index in [2.05, 4.69) is 14.9 Å². The third-order valence-corrected chi connectivity index (χ3v) is 4.15. The molecule has 3 rings (SSSR count). The van der Waals surface area contributed by atoms with Crippen molar-refractivity contribution in [3.63, 3.8) is 0 Å². The Morgan fingerprint density at radius 1 is 1.38 bits per heavy atom. The second-order valence-corrected chi connectivity index (χ2v) is 5.88. The molecule has 7 heteroatoms. The van der Waals surface area contributed by atoms with E-state index in [1.165, 1.54) is 12.1 Å². The number of rotatable bonds is 2. The highest BCUT2D eigenvalue weighted by Crippen LogP contribution is 2.21. The summed E-state index contributed by atoms with van der Waals surface area (Å²) >= 11 is 11.0. The first-order valence-electron chi connectivity index (χ1n) is 6.53. The number of aromatic nitrogens is 2. The van der Waals surface area contributed by atoms with Crippen molar-refractivity contribution >= 4 is 23.8 Å². The second kappa shape index (κ2) is 5.71. The number of benzene rings is 1. The molecular formula is C14H13ClFN3OS. The maximum atomic E-state index is 13.1. The molecule has 4 nitrogen and oxygen atoms in total. The predicted octanol–water partition coefficient (Wildman–Crippen LogP) is 2.78. The molecule has 110 valence electrons. The smallest absolute Gasteiger partial charge is 0.256 e. The number of hydrogen-bond acceptors (Lipinski definition) is 3. The summed E-state index contributed by atoms with van der Waals surface area (Å²) in [6, 6.07) is 4.37. The maximum Gasteiger partial charge on any atom is 0.256 e. The average molecular weight is 326 g/mol. The van der Waals surface area contributed by atoms with Gasteiger partial charge in [0.15, 0.2) is 4.77 Å². The Hall–Kier alpha value is -1.50. The monoisotopic (exact) mass is 325 g/mol. The summed E-state index contributed by atoms with van der Waals surface area (Å²) in [5.74, 6) is -0.350. The van der Waals surface area contributed by atoms with Gasteiger partial charge in [-0.15, -0.1) is 0 Å². The highest BCUT2D eigenvalue weighted by atomic mass is 35.5. The number of halogens is 2. The second-order valence-electron chi connectivity index (χ2n) is 5.06. The topological polar surface area (TPSA) is 51.9 Å². The summed E-state index contributed by atoms with van der Waals surface area (Å²) in [4.78, 5) is 19.7. The molecule has 0 radical (unpaired) electrons. The molecule has 0 unspecified atom stereocenters. The molecule has 21 heavy (non-hydrogen) atoms. The van der Waals surface area contributed by atoms with Crippen LogP contribution in [0.25, 0.3) is 0 Å². The minimum atomic E-state index is -0.350. The van der Waals surface area contributed by atoms with Crippen LogP contribution in [0.2, 0.25) is 5.02 Å². The van der Waals surface area contributed by atoms with Gasteiger partial charge >= 0.3 is 0 Å². The van der Waals surface area contributed by atoms with Gasteiger partial charge < -0.3 is 4.98 Å². The summed E-state index contributed by atoms with van der Waals surface area (Å²) in [5, 5.41) is 0.405. The van der Waals surface area contributed by atoms with Crippen molar-refractivity contribution in [1.82, 2.24) is 14.9 Å². The van der Waals surface area contributed by atoms with Gasteiger partial charge in [0, 0.05) is 36.8 Å². The fourth-order valence-electron chi connectivity index (χ4n) is 2.54. The molecule has 0 atom stereocenters. The minimum Gasteiger partial charge on any atom is -0.335 e. The first kappa shape index (κ1) is 14.4. The quantitative estimate of drug-likeness (QED) is 0.835. The minimum absolute atomic E-state index is 0.149. The normalized spacial score (nSPS) is 15.0. The average Bonchev–Trinajstić information content (AvgIpc) is 2.42. The van der Waals surface area contributed by atoms with Crippen LogP contribution in [0, 0.1) is 10.6 Å². The van der Waals surface area contributed by atoms with Crippen molar-refractivity contribution in [2.45, 2.75) is 19.5 Å². The molecule has 2 heterocycles. The van der Waals surface area contributed by atoms with E-state index < -0.39 is 0 Å². The Morgan fingerprint density at radius 2 is 2.19 bits per heavy atom. The van der Waals surface area contributed by atoms with Crippen LogP contribution in [-0.2, 0) is 19.5 Å². The Morgan fingerprint density at radius 3 is 2.95 bits per heavy atom. The lowest BCUT2D eigenvalue weighted by Gasteiger charge is -2.28. The molecule has 1 aliphatic rings. The van der Waals surface area contributed by atoms with Crippen molar-refractivity contribution in [3.8, 4) is 0 Å². The van der Waals surface area contributed by atoms with E-state index in [0.717, 1.165) is 24.2 Å². The number of fused-ring (bicyclic) bond motifs is 1. The molecule has 0 spiro atoms. The van der Waals surface area contributed by atoms with Crippen LogP contribution in [0.15, 0.2) is 23.0 Å². The lowest BCUT2D eigenvalue weighted by molar-refractivity contribution is 0.241. The van der Waals surface area contributed by atoms with E-state index in [1.807, 2.05) is 0 Å². The zero-order chi connectivity index (χ0) is 15.0. The summed E-state index contributed by atoms with van der Waals surface area (Å²) < 4.78 is 13.4. The summed E-state index contributed by atoms with van der Waals surface area (Å²) in [7, 11) is 0. The predicted molar refractivity (Wildman–Crippen MR) is 81.5 cm³/mol. The number of hydrogen-bond donors (Lipinski definition) is 2. The molecule has 0 aliphatic carbocycles. The van der Waals surface area contributed by atoms with Gasteiger partial charge in [-0.05, 0) is 29.9 Å². The molecule has 2 N–H and O–H groups in total. The third-order valence-electron chi connectivity index (χ3n) is 3.60. The molecule has 1 aromatic carbocycles. The fourth-order valence-corrected chi connectivity index (χ4v) is 2.98. The van der Waals surface area contributed by atoms with Crippen LogP contribution >= 0.6 is 23.8 Å². The zero-order valence-electron chi connectivity index (χ0n) is 11.1. The number of aromatic amines is 2. The van der Waals surface area contributed by atoms with Crippen LogP contribution in [0.1, 0.15) is 16.8 Å². The zero-order valence-corrected chi connectivity index (χ0v) is 12.7. The van der Waals surface area contributed by atoms with Crippen molar-refractivity contribution in [3.05, 3.63) is 61.0 Å². The van der Waals surface area contributed by atoms with Crippen LogP contribution in [-0.4, -0.2) is 21.4 Å². The molecule has 0 saturated carbocycles. The van der Waals surface area contributed by atoms with Gasteiger partial charge in [-0.1, -0.05) is 17.7 Å². The highest BCUT2D eigenvalue weighted by Gasteiger charge is 2.20. The van der Waals surface area contributed by atoms with Crippen LogP contribution in [0.3, 0.4) is 0 Å². The summed E-state index contributed by atoms with van der Waals surface area (Å²) in [6.45, 7) is 1.88. The van der Waals surface area contributed by atoms with Gasteiger partial charge in [-0.2, -0.15) is 0 Å². The largest absolute Gasteiger partial charge is 0.335 e. The molecule has 0 amide bonds. The van der Waals surface area contributed by atoms with Crippen molar-refractivity contribution in [1.29, 1.82) is 0 Å². The summed E-state index contributed by atoms with van der Waals surface area (Å²) in [5.41, 5.74) is 2.30. The van der Waals surface area contributed by atoms with E-state index in [9.17, 15) is 9.18 Å². The highest BCUT2D eigenvalue weighted by molar-refractivity contribution is 7.71. The standard InChI is InChI=1S/C14H13ClFN3OS/c15-11-5-9(16)2-1-8(11)6-19-4-3-12-10(7-19)13(20)18-14(21)17-12/h1-2,5H,3-4,6-7H2,(H2,17,18,20,21). The Kier molecular flexibility index (Phi) is 3.93. The third kappa shape index (κ3) is 3.07. The SMILES string of the molecule is O=c1[nH]c(=S)[nH]c2c1CN(Cc1ccc(F)cc1Cl)CC2. The molecule has 0 saturated heterocycles.